The van der Waals surface area contributed by atoms with Crippen molar-refractivity contribution in [3.63, 3.8) is 0 Å². The largest absolute Gasteiger partial charge is 0.398 e. The van der Waals surface area contributed by atoms with Crippen LogP contribution in [0.1, 0.15) is 12.5 Å². The first-order valence-electron chi connectivity index (χ1n) is 6.59. The minimum Gasteiger partial charge on any atom is -0.398 e. The molecule has 1 heterocycles. The van der Waals surface area contributed by atoms with Gasteiger partial charge < -0.3 is 5.73 Å². The first-order chi connectivity index (χ1) is 9.93. The number of nitrogens with zero attached hydrogens (tertiary/aromatic N) is 1. The van der Waals surface area contributed by atoms with Gasteiger partial charge in [0, 0.05) is 6.04 Å². The fourth-order valence-electron chi connectivity index (χ4n) is 2.80. The van der Waals surface area contributed by atoms with E-state index in [1.165, 1.54) is 16.4 Å². The Labute approximate surface area is 123 Å². The van der Waals surface area contributed by atoms with Gasteiger partial charge in [0.2, 0.25) is 0 Å². The number of hydrogen-bond acceptors (Lipinski definition) is 3. The maximum absolute atomic E-state index is 14.0. The molecule has 1 aliphatic heterocycles. The molecule has 2 aromatic rings. The van der Waals surface area contributed by atoms with Crippen molar-refractivity contribution >= 4 is 21.4 Å². The molecule has 0 fully saturated rings. The van der Waals surface area contributed by atoms with Crippen LogP contribution >= 0.6 is 0 Å². The van der Waals surface area contributed by atoms with Gasteiger partial charge in [-0.05, 0) is 37.1 Å². The van der Waals surface area contributed by atoms with Crippen molar-refractivity contribution in [3.8, 4) is 0 Å². The number of halogens is 1. The van der Waals surface area contributed by atoms with E-state index in [0.717, 1.165) is 11.6 Å². The predicted molar refractivity (Wildman–Crippen MR) is 80.1 cm³/mol. The van der Waals surface area contributed by atoms with Crippen molar-refractivity contribution < 1.29 is 12.8 Å². The lowest BCUT2D eigenvalue weighted by Gasteiger charge is -2.25. The molecule has 0 amide bonds. The molecule has 0 radical (unpaired) electrons. The third-order valence-electron chi connectivity index (χ3n) is 3.66. The SMILES string of the molecule is CC1Cc2ccccc2N1S(=O)(=O)c1c(N)cccc1F. The van der Waals surface area contributed by atoms with Gasteiger partial charge in [-0.15, -0.1) is 0 Å². The van der Waals surface area contributed by atoms with Crippen LogP contribution in [0.2, 0.25) is 0 Å². The summed E-state index contributed by atoms with van der Waals surface area (Å²) in [6.45, 7) is 1.80. The lowest BCUT2D eigenvalue weighted by Crippen LogP contribution is -2.36. The number of hydrogen-bond donors (Lipinski definition) is 1. The van der Waals surface area contributed by atoms with Gasteiger partial charge in [-0.3, -0.25) is 4.31 Å². The summed E-state index contributed by atoms with van der Waals surface area (Å²) < 4.78 is 41.0. The van der Waals surface area contributed by atoms with Crippen molar-refractivity contribution in [2.45, 2.75) is 24.3 Å². The Balaban J connectivity index is 2.20. The standard InChI is InChI=1S/C15H15FN2O2S/c1-10-9-11-5-2-3-8-14(11)18(10)21(19,20)15-12(16)6-4-7-13(15)17/h2-8,10H,9,17H2,1H3. The summed E-state index contributed by atoms with van der Waals surface area (Å²) in [7, 11) is -4.03. The zero-order chi connectivity index (χ0) is 15.2. The number of rotatable bonds is 2. The predicted octanol–water partition coefficient (Wildman–Crippen LogP) is 2.55. The second-order valence-corrected chi connectivity index (χ2v) is 6.89. The second kappa shape index (κ2) is 4.73. The monoisotopic (exact) mass is 306 g/mol. The van der Waals surface area contributed by atoms with Crippen LogP contribution in [0.5, 0.6) is 0 Å². The molecule has 110 valence electrons. The number of sulfonamides is 1. The van der Waals surface area contributed by atoms with Gasteiger partial charge in [0.25, 0.3) is 10.0 Å². The highest BCUT2D eigenvalue weighted by Gasteiger charge is 2.38. The van der Waals surface area contributed by atoms with Gasteiger partial charge in [-0.1, -0.05) is 24.3 Å². The molecule has 1 atom stereocenters. The highest BCUT2D eigenvalue weighted by molar-refractivity contribution is 7.93. The molecule has 4 nitrogen and oxygen atoms in total. The highest BCUT2D eigenvalue weighted by Crippen LogP contribution is 2.38. The van der Waals surface area contributed by atoms with Crippen LogP contribution in [0.25, 0.3) is 0 Å². The van der Waals surface area contributed by atoms with E-state index in [1.807, 2.05) is 12.1 Å². The van der Waals surface area contributed by atoms with Crippen LogP contribution in [-0.4, -0.2) is 14.5 Å². The molecule has 0 aliphatic carbocycles. The lowest BCUT2D eigenvalue weighted by atomic mass is 10.1. The average Bonchev–Trinajstić information content (AvgIpc) is 2.74. The number of nitrogen functional groups attached to an aromatic ring is 1. The molecule has 1 unspecified atom stereocenters. The Bertz CT molecular complexity index is 785. The Hall–Kier alpha value is -2.08. The molecular weight excluding hydrogens is 291 g/mol. The van der Waals surface area contributed by atoms with E-state index in [0.29, 0.717) is 12.1 Å². The normalized spacial score (nSPS) is 17.8. The summed E-state index contributed by atoms with van der Waals surface area (Å²) in [6, 6.07) is 10.9. The van der Waals surface area contributed by atoms with Gasteiger partial charge in [-0.25, -0.2) is 12.8 Å². The average molecular weight is 306 g/mol. The van der Waals surface area contributed by atoms with Crippen molar-refractivity contribution in [2.75, 3.05) is 10.0 Å². The number of nitrogens with two attached hydrogens (primary N) is 1. The molecule has 0 saturated heterocycles. The van der Waals surface area contributed by atoms with Crippen molar-refractivity contribution in [3.05, 3.63) is 53.8 Å². The minimum absolute atomic E-state index is 0.0772. The van der Waals surface area contributed by atoms with E-state index in [-0.39, 0.29) is 11.7 Å². The molecule has 0 aromatic heterocycles. The van der Waals surface area contributed by atoms with Crippen LogP contribution in [0.15, 0.2) is 47.4 Å². The number of benzene rings is 2. The van der Waals surface area contributed by atoms with Crippen molar-refractivity contribution in [1.82, 2.24) is 0 Å². The van der Waals surface area contributed by atoms with Gasteiger partial charge in [-0.2, -0.15) is 0 Å². The molecule has 3 rings (SSSR count). The molecule has 0 saturated carbocycles. The van der Waals surface area contributed by atoms with Gasteiger partial charge in [0.05, 0.1) is 11.4 Å². The van der Waals surface area contributed by atoms with Crippen molar-refractivity contribution in [2.24, 2.45) is 0 Å². The quantitative estimate of drug-likeness (QED) is 0.867. The fourth-order valence-corrected chi connectivity index (χ4v) is 4.66. The van der Waals surface area contributed by atoms with Crippen LogP contribution in [-0.2, 0) is 16.4 Å². The van der Waals surface area contributed by atoms with E-state index < -0.39 is 20.7 Å². The van der Waals surface area contributed by atoms with E-state index in [1.54, 1.807) is 19.1 Å². The third kappa shape index (κ3) is 2.06. The number of fused-ring (bicyclic) bond motifs is 1. The zero-order valence-corrected chi connectivity index (χ0v) is 12.3. The minimum atomic E-state index is -4.03. The van der Waals surface area contributed by atoms with Crippen LogP contribution in [0, 0.1) is 5.82 Å². The maximum atomic E-state index is 14.0. The Morgan fingerprint density at radius 2 is 1.90 bits per heavy atom. The fraction of sp³-hybridized carbons (Fsp3) is 0.200. The smallest absolute Gasteiger partial charge is 0.269 e. The molecule has 0 bridgehead atoms. The summed E-state index contributed by atoms with van der Waals surface area (Å²) in [5, 5.41) is 0. The van der Waals surface area contributed by atoms with Crippen LogP contribution in [0.4, 0.5) is 15.8 Å². The van der Waals surface area contributed by atoms with E-state index >= 15 is 0 Å². The Kier molecular flexibility index (Phi) is 3.13. The van der Waals surface area contributed by atoms with E-state index in [4.69, 9.17) is 5.73 Å². The van der Waals surface area contributed by atoms with Gasteiger partial charge >= 0.3 is 0 Å². The van der Waals surface area contributed by atoms with Crippen molar-refractivity contribution in [1.29, 1.82) is 0 Å². The highest BCUT2D eigenvalue weighted by atomic mass is 32.2. The zero-order valence-electron chi connectivity index (χ0n) is 11.5. The van der Waals surface area contributed by atoms with Crippen LogP contribution < -0.4 is 10.0 Å². The van der Waals surface area contributed by atoms with E-state index in [2.05, 4.69) is 0 Å². The Morgan fingerprint density at radius 1 is 1.19 bits per heavy atom. The topological polar surface area (TPSA) is 63.4 Å². The summed E-state index contributed by atoms with van der Waals surface area (Å²) in [4.78, 5) is -0.450. The van der Waals surface area contributed by atoms with Gasteiger partial charge in [0.15, 0.2) is 0 Å². The van der Waals surface area contributed by atoms with E-state index in [9.17, 15) is 12.8 Å². The number of anilines is 2. The summed E-state index contributed by atoms with van der Waals surface area (Å²) in [5.41, 5.74) is 7.14. The lowest BCUT2D eigenvalue weighted by molar-refractivity contribution is 0.561. The molecular formula is C15H15FN2O2S. The van der Waals surface area contributed by atoms with Crippen LogP contribution in [0.3, 0.4) is 0 Å². The first kappa shape index (κ1) is 13.9. The molecule has 0 spiro atoms. The summed E-state index contributed by atoms with van der Waals surface area (Å²) >= 11 is 0. The Morgan fingerprint density at radius 3 is 2.62 bits per heavy atom. The number of para-hydroxylation sites is 1. The third-order valence-corrected chi connectivity index (χ3v) is 5.68. The molecule has 6 heteroatoms. The molecule has 1 aliphatic rings. The molecule has 21 heavy (non-hydrogen) atoms. The second-order valence-electron chi connectivity index (χ2n) is 5.14. The summed E-state index contributed by atoms with van der Waals surface area (Å²) in [5.74, 6) is -0.827. The summed E-state index contributed by atoms with van der Waals surface area (Å²) in [6.07, 6.45) is 0.601. The molecule has 2 N–H and O–H groups in total. The maximum Gasteiger partial charge on any atom is 0.269 e. The molecule has 2 aromatic carbocycles. The van der Waals surface area contributed by atoms with Gasteiger partial charge in [0.1, 0.15) is 10.7 Å². The first-order valence-corrected chi connectivity index (χ1v) is 8.03.